The van der Waals surface area contributed by atoms with Gasteiger partial charge in [0.25, 0.3) is 0 Å². The lowest BCUT2D eigenvalue weighted by molar-refractivity contribution is 0.152. The van der Waals surface area contributed by atoms with Crippen LogP contribution in [-0.2, 0) is 4.74 Å². The molecule has 1 heterocycles. The van der Waals surface area contributed by atoms with Gasteiger partial charge in [-0.25, -0.2) is 0 Å². The van der Waals surface area contributed by atoms with Crippen LogP contribution >= 0.6 is 0 Å². The van der Waals surface area contributed by atoms with Crippen LogP contribution in [-0.4, -0.2) is 76.9 Å². The van der Waals surface area contributed by atoms with Gasteiger partial charge in [-0.2, -0.15) is 0 Å². The average Bonchev–Trinajstić information content (AvgIpc) is 2.66. The lowest BCUT2D eigenvalue weighted by Gasteiger charge is -2.37. The average molecular weight is 362 g/mol. The van der Waals surface area contributed by atoms with E-state index in [1.165, 1.54) is 16.8 Å². The number of aliphatic imine (C=N–C) groups is 1. The Balaban J connectivity index is 1.68. The van der Waals surface area contributed by atoms with Crippen LogP contribution in [0.4, 0.5) is 5.69 Å². The first-order valence-corrected chi connectivity index (χ1v) is 9.71. The number of hydrogen-bond acceptors (Lipinski definition) is 4. The molecule has 0 saturated carbocycles. The molecule has 0 amide bonds. The monoisotopic (exact) mass is 361 g/mol. The molecule has 6 nitrogen and oxygen atoms in total. The van der Waals surface area contributed by atoms with E-state index in [1.807, 2.05) is 6.92 Å². The predicted molar refractivity (Wildman–Crippen MR) is 110 cm³/mol. The Morgan fingerprint density at radius 3 is 2.54 bits per heavy atom. The van der Waals surface area contributed by atoms with Crippen LogP contribution in [0.15, 0.2) is 23.2 Å². The molecular weight excluding hydrogens is 326 g/mol. The topological polar surface area (TPSA) is 52.1 Å². The second kappa shape index (κ2) is 11.0. The third-order valence-electron chi connectivity index (χ3n) is 4.98. The molecule has 1 aliphatic heterocycles. The van der Waals surface area contributed by atoms with Crippen LogP contribution in [0.2, 0.25) is 0 Å². The van der Waals surface area contributed by atoms with Crippen molar-refractivity contribution in [1.82, 2.24) is 15.5 Å². The first-order chi connectivity index (χ1) is 12.7. The Hall–Kier alpha value is -1.79. The predicted octanol–water partition coefficient (Wildman–Crippen LogP) is 1.63. The number of aryl methyl sites for hydroxylation is 1. The normalized spacial score (nSPS) is 16.0. The molecule has 0 spiro atoms. The summed E-state index contributed by atoms with van der Waals surface area (Å²) in [5.74, 6) is 0.846. The largest absolute Gasteiger partial charge is 0.380 e. The molecule has 0 radical (unpaired) electrons. The smallest absolute Gasteiger partial charge is 0.191 e. The first-order valence-electron chi connectivity index (χ1n) is 9.71. The zero-order valence-corrected chi connectivity index (χ0v) is 16.8. The third kappa shape index (κ3) is 6.18. The minimum Gasteiger partial charge on any atom is -0.380 e. The number of nitrogens with one attached hydrogen (secondary N) is 2. The maximum atomic E-state index is 5.33. The number of piperazine rings is 1. The fraction of sp³-hybridized carbons (Fsp3) is 0.650. The van der Waals surface area contributed by atoms with Gasteiger partial charge < -0.3 is 20.3 Å². The summed E-state index contributed by atoms with van der Waals surface area (Å²) in [5.41, 5.74) is 4.17. The van der Waals surface area contributed by atoms with Crippen molar-refractivity contribution < 1.29 is 4.74 Å². The van der Waals surface area contributed by atoms with Gasteiger partial charge in [-0.1, -0.05) is 12.1 Å². The van der Waals surface area contributed by atoms with E-state index in [1.54, 1.807) is 7.05 Å². The van der Waals surface area contributed by atoms with Crippen molar-refractivity contribution in [2.75, 3.05) is 71.0 Å². The zero-order chi connectivity index (χ0) is 18.8. The highest BCUT2D eigenvalue weighted by Gasteiger charge is 2.18. The van der Waals surface area contributed by atoms with Crippen molar-refractivity contribution >= 4 is 11.6 Å². The Kier molecular flexibility index (Phi) is 8.71. The fourth-order valence-corrected chi connectivity index (χ4v) is 3.23. The Morgan fingerprint density at radius 2 is 1.85 bits per heavy atom. The zero-order valence-electron chi connectivity index (χ0n) is 16.8. The van der Waals surface area contributed by atoms with E-state index >= 15 is 0 Å². The van der Waals surface area contributed by atoms with Gasteiger partial charge in [0.2, 0.25) is 0 Å². The third-order valence-corrected chi connectivity index (χ3v) is 4.98. The molecule has 0 aliphatic carbocycles. The molecule has 1 saturated heterocycles. The SMILES string of the molecule is CCOCCNC(=NC)NCCN1CCN(c2cccc(C)c2C)CC1. The van der Waals surface area contributed by atoms with Crippen molar-refractivity contribution in [2.45, 2.75) is 20.8 Å². The summed E-state index contributed by atoms with van der Waals surface area (Å²) < 4.78 is 5.33. The van der Waals surface area contributed by atoms with Gasteiger partial charge in [-0.15, -0.1) is 0 Å². The van der Waals surface area contributed by atoms with E-state index in [0.717, 1.165) is 58.4 Å². The van der Waals surface area contributed by atoms with Gasteiger partial charge in [0.05, 0.1) is 6.61 Å². The van der Waals surface area contributed by atoms with E-state index in [4.69, 9.17) is 4.74 Å². The van der Waals surface area contributed by atoms with Gasteiger partial charge in [0.15, 0.2) is 5.96 Å². The van der Waals surface area contributed by atoms with Crippen LogP contribution < -0.4 is 15.5 Å². The summed E-state index contributed by atoms with van der Waals surface area (Å²) in [6.07, 6.45) is 0. The van der Waals surface area contributed by atoms with E-state index in [2.05, 4.69) is 57.5 Å². The molecule has 0 unspecified atom stereocenters. The number of rotatable bonds is 8. The van der Waals surface area contributed by atoms with Crippen LogP contribution in [0.5, 0.6) is 0 Å². The van der Waals surface area contributed by atoms with E-state index in [9.17, 15) is 0 Å². The van der Waals surface area contributed by atoms with Crippen LogP contribution in [0.1, 0.15) is 18.1 Å². The molecule has 0 atom stereocenters. The summed E-state index contributed by atoms with van der Waals surface area (Å²) in [5, 5.41) is 6.65. The molecule has 26 heavy (non-hydrogen) atoms. The quantitative estimate of drug-likeness (QED) is 0.419. The highest BCUT2D eigenvalue weighted by atomic mass is 16.5. The van der Waals surface area contributed by atoms with Crippen molar-refractivity contribution in [2.24, 2.45) is 4.99 Å². The lowest BCUT2D eigenvalue weighted by Crippen LogP contribution is -2.49. The van der Waals surface area contributed by atoms with Crippen molar-refractivity contribution in [3.63, 3.8) is 0 Å². The molecule has 1 fully saturated rings. The second-order valence-corrected chi connectivity index (χ2v) is 6.67. The number of ether oxygens (including phenoxy) is 1. The van der Waals surface area contributed by atoms with Gasteiger partial charge in [0.1, 0.15) is 0 Å². The van der Waals surface area contributed by atoms with E-state index < -0.39 is 0 Å². The number of hydrogen-bond donors (Lipinski definition) is 2. The van der Waals surface area contributed by atoms with Gasteiger partial charge in [0, 0.05) is 65.2 Å². The molecule has 6 heteroatoms. The molecule has 1 aromatic rings. The molecule has 146 valence electrons. The molecule has 0 bridgehead atoms. The van der Waals surface area contributed by atoms with Crippen LogP contribution in [0.25, 0.3) is 0 Å². The van der Waals surface area contributed by atoms with Gasteiger partial charge in [-0.3, -0.25) is 9.89 Å². The summed E-state index contributed by atoms with van der Waals surface area (Å²) >= 11 is 0. The Labute approximate surface area is 158 Å². The maximum Gasteiger partial charge on any atom is 0.191 e. The molecule has 2 N–H and O–H groups in total. The summed E-state index contributed by atoms with van der Waals surface area (Å²) in [4.78, 5) is 9.28. The van der Waals surface area contributed by atoms with Crippen molar-refractivity contribution in [3.8, 4) is 0 Å². The lowest BCUT2D eigenvalue weighted by atomic mass is 10.1. The highest BCUT2D eigenvalue weighted by molar-refractivity contribution is 5.79. The second-order valence-electron chi connectivity index (χ2n) is 6.67. The highest BCUT2D eigenvalue weighted by Crippen LogP contribution is 2.23. The molecule has 2 rings (SSSR count). The van der Waals surface area contributed by atoms with Crippen LogP contribution in [0, 0.1) is 13.8 Å². The summed E-state index contributed by atoms with van der Waals surface area (Å²) in [7, 11) is 1.80. The van der Waals surface area contributed by atoms with Gasteiger partial charge in [-0.05, 0) is 38.0 Å². The minimum absolute atomic E-state index is 0.706. The number of guanidine groups is 1. The minimum atomic E-state index is 0.706. The maximum absolute atomic E-state index is 5.33. The number of nitrogens with zero attached hydrogens (tertiary/aromatic N) is 3. The van der Waals surface area contributed by atoms with E-state index in [0.29, 0.717) is 6.61 Å². The molecule has 0 aromatic heterocycles. The van der Waals surface area contributed by atoms with Crippen molar-refractivity contribution in [3.05, 3.63) is 29.3 Å². The number of anilines is 1. The summed E-state index contributed by atoms with van der Waals surface area (Å²) in [6, 6.07) is 6.60. The van der Waals surface area contributed by atoms with Crippen molar-refractivity contribution in [1.29, 1.82) is 0 Å². The summed E-state index contributed by atoms with van der Waals surface area (Å²) in [6.45, 7) is 15.0. The molecular formula is C20H35N5O. The first kappa shape index (κ1) is 20.5. The van der Waals surface area contributed by atoms with E-state index in [-0.39, 0.29) is 0 Å². The Morgan fingerprint density at radius 1 is 1.12 bits per heavy atom. The Bertz CT molecular complexity index is 567. The van der Waals surface area contributed by atoms with Crippen LogP contribution in [0.3, 0.4) is 0 Å². The standard InChI is InChI=1S/C20H35N5O/c1-5-26-16-10-23-20(21-4)22-9-11-24-12-14-25(15-13-24)19-8-6-7-17(2)18(19)3/h6-8H,5,9-16H2,1-4H3,(H2,21,22,23). The van der Waals surface area contributed by atoms with Gasteiger partial charge >= 0.3 is 0 Å². The fourth-order valence-electron chi connectivity index (χ4n) is 3.23. The molecule has 1 aliphatic rings. The molecule has 1 aromatic carbocycles. The number of benzene rings is 1.